The van der Waals surface area contributed by atoms with E-state index in [2.05, 4.69) is 5.32 Å². The van der Waals surface area contributed by atoms with Crippen molar-refractivity contribution >= 4 is 29.4 Å². The van der Waals surface area contributed by atoms with Gasteiger partial charge in [-0.2, -0.15) is 0 Å². The highest BCUT2D eigenvalue weighted by molar-refractivity contribution is 6.23. The number of carbonyl (C=O) groups excluding carboxylic acids is 4. The first-order chi connectivity index (χ1) is 12.9. The van der Waals surface area contributed by atoms with Crippen molar-refractivity contribution in [2.75, 3.05) is 11.9 Å². The molecule has 2 aromatic rings. The molecule has 138 valence electrons. The van der Waals surface area contributed by atoms with Gasteiger partial charge in [0.25, 0.3) is 11.8 Å². The molecule has 0 fully saturated rings. The molecule has 1 aliphatic rings. The molecule has 0 spiro atoms. The van der Waals surface area contributed by atoms with Crippen molar-refractivity contribution in [2.24, 2.45) is 0 Å². The monoisotopic (exact) mass is 366 g/mol. The zero-order valence-corrected chi connectivity index (χ0v) is 14.9. The largest absolute Gasteiger partial charge is 0.462 e. The van der Waals surface area contributed by atoms with E-state index in [4.69, 9.17) is 4.74 Å². The number of nitrogens with zero attached hydrogens (tertiary/aromatic N) is 1. The fraction of sp³-hybridized carbons (Fsp3) is 0.200. The molecule has 0 saturated heterocycles. The van der Waals surface area contributed by atoms with Gasteiger partial charge >= 0.3 is 5.97 Å². The van der Waals surface area contributed by atoms with E-state index in [0.717, 1.165) is 4.90 Å². The number of anilines is 1. The third kappa shape index (κ3) is 3.44. The zero-order valence-electron chi connectivity index (χ0n) is 14.9. The first-order valence-corrected chi connectivity index (χ1v) is 8.49. The van der Waals surface area contributed by atoms with Crippen molar-refractivity contribution in [2.45, 2.75) is 19.9 Å². The number of imide groups is 1. The lowest BCUT2D eigenvalue weighted by atomic mass is 10.1. The first kappa shape index (κ1) is 18.3. The number of esters is 1. The molecule has 0 aromatic heterocycles. The summed E-state index contributed by atoms with van der Waals surface area (Å²) in [6.45, 7) is 3.42. The highest BCUT2D eigenvalue weighted by atomic mass is 16.5. The second-order valence-electron chi connectivity index (χ2n) is 5.99. The molecule has 0 saturated carbocycles. The number of hydrogen-bond acceptors (Lipinski definition) is 5. The molecule has 27 heavy (non-hydrogen) atoms. The summed E-state index contributed by atoms with van der Waals surface area (Å²) in [5, 5.41) is 2.63. The van der Waals surface area contributed by atoms with Crippen LogP contribution in [-0.4, -0.2) is 41.2 Å². The Morgan fingerprint density at radius 1 is 1.04 bits per heavy atom. The number of carbonyl (C=O) groups is 4. The molecule has 7 heteroatoms. The minimum atomic E-state index is -1.01. The highest BCUT2D eigenvalue weighted by Crippen LogP contribution is 2.25. The molecule has 1 atom stereocenters. The summed E-state index contributed by atoms with van der Waals surface area (Å²) < 4.78 is 4.93. The fourth-order valence-electron chi connectivity index (χ4n) is 2.86. The molecule has 1 heterocycles. The van der Waals surface area contributed by atoms with Gasteiger partial charge in [-0.05, 0) is 44.2 Å². The topological polar surface area (TPSA) is 92.8 Å². The lowest BCUT2D eigenvalue weighted by Crippen LogP contribution is -2.45. The first-order valence-electron chi connectivity index (χ1n) is 8.49. The van der Waals surface area contributed by atoms with Crippen molar-refractivity contribution in [1.82, 2.24) is 4.90 Å². The van der Waals surface area contributed by atoms with Crippen molar-refractivity contribution in [3.05, 3.63) is 65.2 Å². The number of hydrogen-bond donors (Lipinski definition) is 1. The van der Waals surface area contributed by atoms with Crippen LogP contribution in [-0.2, 0) is 9.53 Å². The molecular weight excluding hydrogens is 348 g/mol. The maximum atomic E-state index is 12.6. The van der Waals surface area contributed by atoms with Gasteiger partial charge in [0.2, 0.25) is 5.91 Å². The van der Waals surface area contributed by atoms with Crippen LogP contribution in [0, 0.1) is 0 Å². The highest BCUT2D eigenvalue weighted by Gasteiger charge is 2.40. The average molecular weight is 366 g/mol. The predicted octanol–water partition coefficient (Wildman–Crippen LogP) is 2.49. The minimum Gasteiger partial charge on any atom is -0.462 e. The van der Waals surface area contributed by atoms with Crippen LogP contribution in [0.1, 0.15) is 44.9 Å². The molecule has 3 amide bonds. The summed E-state index contributed by atoms with van der Waals surface area (Å²) >= 11 is 0. The van der Waals surface area contributed by atoms with Gasteiger partial charge in [-0.15, -0.1) is 0 Å². The third-order valence-electron chi connectivity index (χ3n) is 4.23. The smallest absolute Gasteiger partial charge is 0.338 e. The number of amides is 3. The van der Waals surface area contributed by atoms with Gasteiger partial charge in [0.15, 0.2) is 0 Å². The van der Waals surface area contributed by atoms with E-state index >= 15 is 0 Å². The molecule has 0 bridgehead atoms. The maximum Gasteiger partial charge on any atom is 0.338 e. The summed E-state index contributed by atoms with van der Waals surface area (Å²) in [7, 11) is 0. The maximum absolute atomic E-state index is 12.6. The number of rotatable bonds is 5. The summed E-state index contributed by atoms with van der Waals surface area (Å²) in [4.78, 5) is 50.3. The van der Waals surface area contributed by atoms with E-state index in [9.17, 15) is 19.2 Å². The van der Waals surface area contributed by atoms with E-state index in [1.807, 2.05) is 0 Å². The van der Waals surface area contributed by atoms with Crippen molar-refractivity contribution in [1.29, 1.82) is 0 Å². The van der Waals surface area contributed by atoms with E-state index < -0.39 is 29.7 Å². The summed E-state index contributed by atoms with van der Waals surface area (Å²) in [6.07, 6.45) is 0. The Morgan fingerprint density at radius 3 is 2.26 bits per heavy atom. The molecule has 0 radical (unpaired) electrons. The Kier molecular flexibility index (Phi) is 5.03. The Labute approximate surface area is 155 Å². The number of fused-ring (bicyclic) bond motifs is 1. The minimum absolute atomic E-state index is 0.242. The molecule has 0 unspecified atom stereocenters. The molecular formula is C20H18N2O5. The molecule has 1 N–H and O–H groups in total. The van der Waals surface area contributed by atoms with Gasteiger partial charge < -0.3 is 10.1 Å². The number of benzene rings is 2. The molecule has 3 rings (SSSR count). The number of ether oxygens (including phenoxy) is 1. The van der Waals surface area contributed by atoms with Crippen LogP contribution in [0.2, 0.25) is 0 Å². The van der Waals surface area contributed by atoms with Crippen LogP contribution in [0.3, 0.4) is 0 Å². The third-order valence-corrected chi connectivity index (χ3v) is 4.23. The molecule has 7 nitrogen and oxygen atoms in total. The van der Waals surface area contributed by atoms with Crippen molar-refractivity contribution in [3.63, 3.8) is 0 Å². The van der Waals surface area contributed by atoms with Crippen LogP contribution >= 0.6 is 0 Å². The lowest BCUT2D eigenvalue weighted by Gasteiger charge is -2.21. The van der Waals surface area contributed by atoms with Crippen LogP contribution in [0.15, 0.2) is 48.5 Å². The van der Waals surface area contributed by atoms with E-state index in [1.165, 1.54) is 13.0 Å². The Morgan fingerprint density at radius 2 is 1.67 bits per heavy atom. The normalized spacial score (nSPS) is 13.9. The van der Waals surface area contributed by atoms with E-state index in [0.29, 0.717) is 11.3 Å². The molecule has 2 aromatic carbocycles. The van der Waals surface area contributed by atoms with Gasteiger partial charge in [0.05, 0.1) is 23.3 Å². The Balaban J connectivity index is 1.76. The molecule has 1 aliphatic heterocycles. The predicted molar refractivity (Wildman–Crippen MR) is 97.4 cm³/mol. The second-order valence-corrected chi connectivity index (χ2v) is 5.99. The van der Waals surface area contributed by atoms with E-state index in [-0.39, 0.29) is 17.7 Å². The number of nitrogens with one attached hydrogen (secondary N) is 1. The Hall–Kier alpha value is -3.48. The lowest BCUT2D eigenvalue weighted by molar-refractivity contribution is -0.119. The summed E-state index contributed by atoms with van der Waals surface area (Å²) in [6, 6.07) is 11.7. The SMILES string of the molecule is CCOC(=O)c1cccc(NC(=O)[C@H](C)N2C(=O)c3ccccc3C2=O)c1. The summed E-state index contributed by atoms with van der Waals surface area (Å²) in [5.74, 6) is -2.04. The quantitative estimate of drug-likeness (QED) is 0.648. The van der Waals surface area contributed by atoms with Gasteiger partial charge in [-0.3, -0.25) is 19.3 Å². The van der Waals surface area contributed by atoms with Crippen molar-refractivity contribution in [3.8, 4) is 0 Å². The molecule has 0 aliphatic carbocycles. The van der Waals surface area contributed by atoms with Gasteiger partial charge in [0.1, 0.15) is 6.04 Å². The zero-order chi connectivity index (χ0) is 19.6. The van der Waals surface area contributed by atoms with Gasteiger partial charge in [-0.25, -0.2) is 4.79 Å². The van der Waals surface area contributed by atoms with Crippen LogP contribution in [0.5, 0.6) is 0 Å². The second kappa shape index (κ2) is 7.41. The fourth-order valence-corrected chi connectivity index (χ4v) is 2.86. The van der Waals surface area contributed by atoms with Crippen LogP contribution in [0.4, 0.5) is 5.69 Å². The van der Waals surface area contributed by atoms with Crippen LogP contribution < -0.4 is 5.32 Å². The standard InChI is InChI=1S/C20H18N2O5/c1-3-27-20(26)13-7-6-8-14(11-13)21-17(23)12(2)22-18(24)15-9-4-5-10-16(15)19(22)25/h4-12H,3H2,1-2H3,(H,21,23)/t12-/m0/s1. The van der Waals surface area contributed by atoms with Crippen LogP contribution in [0.25, 0.3) is 0 Å². The summed E-state index contributed by atoms with van der Waals surface area (Å²) in [5.41, 5.74) is 1.23. The van der Waals surface area contributed by atoms with E-state index in [1.54, 1.807) is 49.4 Å². The van der Waals surface area contributed by atoms with Gasteiger partial charge in [-0.1, -0.05) is 18.2 Å². The average Bonchev–Trinajstić information content (AvgIpc) is 2.92. The van der Waals surface area contributed by atoms with Crippen molar-refractivity contribution < 1.29 is 23.9 Å². The van der Waals surface area contributed by atoms with Gasteiger partial charge in [0, 0.05) is 5.69 Å². The Bertz CT molecular complexity index is 902.